The predicted molar refractivity (Wildman–Crippen MR) is 81.5 cm³/mol. The van der Waals surface area contributed by atoms with E-state index < -0.39 is 0 Å². The number of hydrogen-bond acceptors (Lipinski definition) is 4. The second-order valence-electron chi connectivity index (χ2n) is 5.27. The zero-order chi connectivity index (χ0) is 15.6. The highest BCUT2D eigenvalue weighted by molar-refractivity contribution is 5.90. The Labute approximate surface area is 124 Å². The molecule has 5 heteroatoms. The fraction of sp³-hybridized carbons (Fsp3) is 0.375. The van der Waals surface area contributed by atoms with Crippen molar-refractivity contribution in [2.45, 2.75) is 40.3 Å². The van der Waals surface area contributed by atoms with E-state index in [1.54, 1.807) is 12.1 Å². The van der Waals surface area contributed by atoms with Gasteiger partial charge in [-0.05, 0) is 45.9 Å². The van der Waals surface area contributed by atoms with Crippen molar-refractivity contribution in [2.24, 2.45) is 5.73 Å². The van der Waals surface area contributed by atoms with Crippen LogP contribution in [0.15, 0.2) is 24.3 Å². The van der Waals surface area contributed by atoms with Gasteiger partial charge in [-0.2, -0.15) is 5.10 Å². The number of aromatic nitrogens is 2. The number of aryl methyl sites for hydroxylation is 1. The molecule has 0 aliphatic heterocycles. The molecule has 2 rings (SSSR count). The van der Waals surface area contributed by atoms with E-state index in [4.69, 9.17) is 10.5 Å². The van der Waals surface area contributed by atoms with Gasteiger partial charge >= 0.3 is 5.97 Å². The number of nitrogens with zero attached hydrogens (tertiary/aromatic N) is 2. The van der Waals surface area contributed by atoms with Gasteiger partial charge in [-0.3, -0.25) is 0 Å². The summed E-state index contributed by atoms with van der Waals surface area (Å²) in [5.74, 6) is -0.326. The van der Waals surface area contributed by atoms with Crippen molar-refractivity contribution in [3.63, 3.8) is 0 Å². The highest BCUT2D eigenvalue weighted by Gasteiger charge is 2.14. The average Bonchev–Trinajstić information content (AvgIpc) is 2.73. The van der Waals surface area contributed by atoms with Gasteiger partial charge in [0.05, 0.1) is 23.0 Å². The topological polar surface area (TPSA) is 70.1 Å². The highest BCUT2D eigenvalue weighted by atomic mass is 16.5. The molecular weight excluding hydrogens is 266 g/mol. The number of hydrogen-bond donors (Lipinski definition) is 1. The molecule has 0 aliphatic carbocycles. The van der Waals surface area contributed by atoms with Gasteiger partial charge in [0, 0.05) is 17.8 Å². The largest absolute Gasteiger partial charge is 0.459 e. The summed E-state index contributed by atoms with van der Waals surface area (Å²) in [4.78, 5) is 12.0. The van der Waals surface area contributed by atoms with Crippen LogP contribution in [0.25, 0.3) is 5.69 Å². The van der Waals surface area contributed by atoms with E-state index in [1.807, 2.05) is 44.5 Å². The summed E-state index contributed by atoms with van der Waals surface area (Å²) < 4.78 is 7.03. The van der Waals surface area contributed by atoms with E-state index >= 15 is 0 Å². The third kappa shape index (κ3) is 3.13. The first-order chi connectivity index (χ1) is 9.93. The number of nitrogens with two attached hydrogens (primary N) is 1. The summed E-state index contributed by atoms with van der Waals surface area (Å²) >= 11 is 0. The number of carbonyl (C=O) groups is 1. The minimum Gasteiger partial charge on any atom is -0.459 e. The highest BCUT2D eigenvalue weighted by Crippen LogP contribution is 2.18. The molecule has 1 heterocycles. The van der Waals surface area contributed by atoms with Crippen LogP contribution >= 0.6 is 0 Å². The summed E-state index contributed by atoms with van der Waals surface area (Å²) in [6.07, 6.45) is -0.140. The van der Waals surface area contributed by atoms with Gasteiger partial charge in [0.25, 0.3) is 0 Å². The SMILES string of the molecule is Cc1nn(-c2cccc(C(=O)OC(C)C)c2)c(C)c1CN. The van der Waals surface area contributed by atoms with Gasteiger partial charge in [0.15, 0.2) is 0 Å². The number of rotatable bonds is 4. The van der Waals surface area contributed by atoms with E-state index in [9.17, 15) is 4.79 Å². The quantitative estimate of drug-likeness (QED) is 0.877. The molecule has 2 aromatic rings. The Balaban J connectivity index is 2.40. The zero-order valence-corrected chi connectivity index (χ0v) is 12.9. The number of ether oxygens (including phenoxy) is 1. The summed E-state index contributed by atoms with van der Waals surface area (Å²) in [6.45, 7) is 8.02. The fourth-order valence-corrected chi connectivity index (χ4v) is 2.27. The maximum absolute atomic E-state index is 12.0. The molecule has 112 valence electrons. The lowest BCUT2D eigenvalue weighted by molar-refractivity contribution is 0.0378. The van der Waals surface area contributed by atoms with Gasteiger partial charge in [0.1, 0.15) is 0 Å². The van der Waals surface area contributed by atoms with E-state index in [0.717, 1.165) is 22.6 Å². The molecule has 0 fully saturated rings. The first-order valence-electron chi connectivity index (χ1n) is 7.00. The van der Waals surface area contributed by atoms with Crippen molar-refractivity contribution in [1.29, 1.82) is 0 Å². The maximum atomic E-state index is 12.0. The van der Waals surface area contributed by atoms with E-state index in [-0.39, 0.29) is 12.1 Å². The molecule has 0 amide bonds. The summed E-state index contributed by atoms with van der Waals surface area (Å²) in [5.41, 5.74) is 10.0. The van der Waals surface area contributed by atoms with Crippen molar-refractivity contribution in [3.05, 3.63) is 46.8 Å². The third-order valence-electron chi connectivity index (χ3n) is 3.31. The van der Waals surface area contributed by atoms with Crippen LogP contribution in [0.3, 0.4) is 0 Å². The van der Waals surface area contributed by atoms with Gasteiger partial charge in [-0.25, -0.2) is 9.48 Å². The van der Waals surface area contributed by atoms with Crippen LogP contribution in [-0.2, 0) is 11.3 Å². The standard InChI is InChI=1S/C16H21N3O2/c1-10(2)21-16(20)13-6-5-7-14(8-13)19-12(4)15(9-17)11(3)18-19/h5-8,10H,9,17H2,1-4H3. The Hall–Kier alpha value is -2.14. The molecular formula is C16H21N3O2. The van der Waals surface area contributed by atoms with Crippen molar-refractivity contribution in [3.8, 4) is 5.69 Å². The molecule has 0 radical (unpaired) electrons. The van der Waals surface area contributed by atoms with Crippen LogP contribution in [0, 0.1) is 13.8 Å². The molecule has 1 aromatic carbocycles. The molecule has 1 aromatic heterocycles. The normalized spacial score (nSPS) is 11.0. The lowest BCUT2D eigenvalue weighted by Crippen LogP contribution is -2.12. The summed E-state index contributed by atoms with van der Waals surface area (Å²) in [6, 6.07) is 7.25. The lowest BCUT2D eigenvalue weighted by atomic mass is 10.2. The Bertz CT molecular complexity index is 660. The minimum atomic E-state index is -0.326. The molecule has 0 spiro atoms. The molecule has 0 unspecified atom stereocenters. The monoisotopic (exact) mass is 287 g/mol. The number of esters is 1. The number of benzene rings is 1. The number of carbonyl (C=O) groups excluding carboxylic acids is 1. The molecule has 0 aliphatic rings. The van der Waals surface area contributed by atoms with E-state index in [1.165, 1.54) is 0 Å². The Morgan fingerprint density at radius 1 is 1.38 bits per heavy atom. The van der Waals surface area contributed by atoms with Crippen LogP contribution in [0.2, 0.25) is 0 Å². The zero-order valence-electron chi connectivity index (χ0n) is 12.9. The van der Waals surface area contributed by atoms with Crippen LogP contribution in [0.4, 0.5) is 0 Å². The van der Waals surface area contributed by atoms with Crippen molar-refractivity contribution >= 4 is 5.97 Å². The van der Waals surface area contributed by atoms with Crippen LogP contribution in [-0.4, -0.2) is 21.9 Å². The maximum Gasteiger partial charge on any atom is 0.338 e. The molecule has 0 saturated heterocycles. The first kappa shape index (κ1) is 15.3. The third-order valence-corrected chi connectivity index (χ3v) is 3.31. The lowest BCUT2D eigenvalue weighted by Gasteiger charge is -2.10. The molecule has 0 bridgehead atoms. The van der Waals surface area contributed by atoms with Crippen molar-refractivity contribution < 1.29 is 9.53 Å². The summed E-state index contributed by atoms with van der Waals surface area (Å²) in [7, 11) is 0. The first-order valence-corrected chi connectivity index (χ1v) is 7.00. The Morgan fingerprint density at radius 3 is 2.67 bits per heavy atom. The molecule has 2 N–H and O–H groups in total. The minimum absolute atomic E-state index is 0.140. The van der Waals surface area contributed by atoms with Crippen LogP contribution < -0.4 is 5.73 Å². The van der Waals surface area contributed by atoms with Crippen LogP contribution in [0.5, 0.6) is 0 Å². The van der Waals surface area contributed by atoms with Gasteiger partial charge in [0.2, 0.25) is 0 Å². The van der Waals surface area contributed by atoms with E-state index in [0.29, 0.717) is 12.1 Å². The van der Waals surface area contributed by atoms with Gasteiger partial charge in [-0.1, -0.05) is 6.07 Å². The Kier molecular flexibility index (Phi) is 4.43. The molecule has 0 saturated carbocycles. The molecule has 5 nitrogen and oxygen atoms in total. The van der Waals surface area contributed by atoms with Crippen molar-refractivity contribution in [2.75, 3.05) is 0 Å². The fourth-order valence-electron chi connectivity index (χ4n) is 2.27. The smallest absolute Gasteiger partial charge is 0.338 e. The predicted octanol–water partition coefficient (Wildman–Crippen LogP) is 2.51. The van der Waals surface area contributed by atoms with E-state index in [2.05, 4.69) is 5.10 Å². The van der Waals surface area contributed by atoms with Gasteiger partial charge < -0.3 is 10.5 Å². The summed E-state index contributed by atoms with van der Waals surface area (Å²) in [5, 5.41) is 4.50. The molecule has 0 atom stereocenters. The van der Waals surface area contributed by atoms with Crippen LogP contribution in [0.1, 0.15) is 41.2 Å². The Morgan fingerprint density at radius 2 is 2.10 bits per heavy atom. The van der Waals surface area contributed by atoms with Gasteiger partial charge in [-0.15, -0.1) is 0 Å². The second kappa shape index (κ2) is 6.10. The second-order valence-corrected chi connectivity index (χ2v) is 5.27. The molecule has 21 heavy (non-hydrogen) atoms. The average molecular weight is 287 g/mol. The van der Waals surface area contributed by atoms with Crippen molar-refractivity contribution in [1.82, 2.24) is 9.78 Å².